The summed E-state index contributed by atoms with van der Waals surface area (Å²) < 4.78 is 13.1. The molecule has 21 heavy (non-hydrogen) atoms. The first-order chi connectivity index (χ1) is 10.2. The van der Waals surface area contributed by atoms with Crippen molar-refractivity contribution in [2.75, 3.05) is 17.2 Å². The number of benzene rings is 2. The summed E-state index contributed by atoms with van der Waals surface area (Å²) in [6.07, 6.45) is 3.55. The van der Waals surface area contributed by atoms with Crippen LogP contribution in [0.4, 0.5) is 21.5 Å². The van der Waals surface area contributed by atoms with Crippen molar-refractivity contribution < 1.29 is 4.39 Å². The van der Waals surface area contributed by atoms with Crippen LogP contribution in [0.25, 0.3) is 10.8 Å². The van der Waals surface area contributed by atoms with E-state index in [1.807, 2.05) is 24.4 Å². The lowest BCUT2D eigenvalue weighted by molar-refractivity contribution is 0.628. The van der Waals surface area contributed by atoms with Crippen molar-refractivity contribution in [2.45, 2.75) is 6.92 Å². The Bertz CT molecular complexity index is 769. The zero-order chi connectivity index (χ0) is 14.8. The van der Waals surface area contributed by atoms with Gasteiger partial charge in [-0.25, -0.2) is 4.39 Å². The molecule has 0 spiro atoms. The number of halogens is 1. The second-order valence-electron chi connectivity index (χ2n) is 4.82. The van der Waals surface area contributed by atoms with Gasteiger partial charge in [0, 0.05) is 41.1 Å². The van der Waals surface area contributed by atoms with E-state index >= 15 is 0 Å². The fourth-order valence-corrected chi connectivity index (χ4v) is 2.55. The quantitative estimate of drug-likeness (QED) is 0.734. The van der Waals surface area contributed by atoms with E-state index in [0.717, 1.165) is 34.4 Å². The smallest absolute Gasteiger partial charge is 0.123 e. The van der Waals surface area contributed by atoms with Crippen molar-refractivity contribution in [2.24, 2.45) is 0 Å². The lowest BCUT2D eigenvalue weighted by atomic mass is 10.1. The second kappa shape index (κ2) is 5.40. The number of nitrogens with zero attached hydrogens (tertiary/aromatic N) is 2. The van der Waals surface area contributed by atoms with Crippen LogP contribution < -0.4 is 10.6 Å². The minimum Gasteiger partial charge on any atom is -0.398 e. The number of rotatable bonds is 3. The first-order valence-corrected chi connectivity index (χ1v) is 6.86. The predicted octanol–water partition coefficient (Wildman–Crippen LogP) is 4.11. The van der Waals surface area contributed by atoms with E-state index in [4.69, 9.17) is 5.73 Å². The SMILES string of the molecule is CCN(c1ccc(F)cc1)c1ccc(N)c2ccncc12. The third kappa shape index (κ3) is 2.40. The maximum Gasteiger partial charge on any atom is 0.123 e. The third-order valence-corrected chi connectivity index (χ3v) is 3.57. The van der Waals surface area contributed by atoms with E-state index < -0.39 is 0 Å². The molecule has 2 aromatic carbocycles. The van der Waals surface area contributed by atoms with Crippen LogP contribution in [0.1, 0.15) is 6.92 Å². The highest BCUT2D eigenvalue weighted by molar-refractivity contribution is 6.02. The number of pyridine rings is 1. The molecule has 0 bridgehead atoms. The highest BCUT2D eigenvalue weighted by atomic mass is 19.1. The van der Waals surface area contributed by atoms with E-state index in [-0.39, 0.29) is 5.82 Å². The molecule has 0 aliphatic carbocycles. The van der Waals surface area contributed by atoms with Crippen LogP contribution in [0.5, 0.6) is 0 Å². The molecular formula is C17H16FN3. The van der Waals surface area contributed by atoms with Crippen LogP contribution in [0.3, 0.4) is 0 Å². The number of fused-ring (bicyclic) bond motifs is 1. The molecule has 0 saturated carbocycles. The molecule has 0 aliphatic heterocycles. The number of anilines is 3. The molecule has 3 nitrogen and oxygen atoms in total. The lowest BCUT2D eigenvalue weighted by Gasteiger charge is -2.25. The molecule has 1 heterocycles. The van der Waals surface area contributed by atoms with Gasteiger partial charge >= 0.3 is 0 Å². The van der Waals surface area contributed by atoms with Crippen molar-refractivity contribution in [3.63, 3.8) is 0 Å². The molecule has 0 aliphatic rings. The Balaban J connectivity index is 2.17. The van der Waals surface area contributed by atoms with Crippen LogP contribution >= 0.6 is 0 Å². The van der Waals surface area contributed by atoms with Crippen LogP contribution in [-0.2, 0) is 0 Å². The normalized spacial score (nSPS) is 10.8. The zero-order valence-corrected chi connectivity index (χ0v) is 11.8. The fourth-order valence-electron chi connectivity index (χ4n) is 2.55. The van der Waals surface area contributed by atoms with Gasteiger partial charge in [-0.15, -0.1) is 0 Å². The fraction of sp³-hybridized carbons (Fsp3) is 0.118. The minimum atomic E-state index is -0.237. The van der Waals surface area contributed by atoms with Crippen LogP contribution in [0.2, 0.25) is 0 Å². The molecule has 106 valence electrons. The van der Waals surface area contributed by atoms with Gasteiger partial charge in [-0.2, -0.15) is 0 Å². The second-order valence-corrected chi connectivity index (χ2v) is 4.82. The van der Waals surface area contributed by atoms with Gasteiger partial charge < -0.3 is 10.6 Å². The molecule has 0 saturated heterocycles. The van der Waals surface area contributed by atoms with Crippen molar-refractivity contribution >= 4 is 27.8 Å². The first-order valence-electron chi connectivity index (χ1n) is 6.86. The predicted molar refractivity (Wildman–Crippen MR) is 85.2 cm³/mol. The van der Waals surface area contributed by atoms with Gasteiger partial charge in [-0.1, -0.05) is 0 Å². The van der Waals surface area contributed by atoms with Gasteiger partial charge in [0.05, 0.1) is 5.69 Å². The molecule has 3 aromatic rings. The maximum absolute atomic E-state index is 13.1. The van der Waals surface area contributed by atoms with Crippen LogP contribution in [0, 0.1) is 5.82 Å². The summed E-state index contributed by atoms with van der Waals surface area (Å²) >= 11 is 0. The topological polar surface area (TPSA) is 42.1 Å². The molecule has 0 amide bonds. The van der Waals surface area contributed by atoms with E-state index in [1.54, 1.807) is 18.3 Å². The molecule has 1 aromatic heterocycles. The van der Waals surface area contributed by atoms with Gasteiger partial charge in [-0.3, -0.25) is 4.98 Å². The van der Waals surface area contributed by atoms with E-state index in [1.165, 1.54) is 12.1 Å². The summed E-state index contributed by atoms with van der Waals surface area (Å²) in [6.45, 7) is 2.82. The summed E-state index contributed by atoms with van der Waals surface area (Å²) in [4.78, 5) is 6.31. The number of nitrogen functional groups attached to an aromatic ring is 1. The van der Waals surface area contributed by atoms with Crippen molar-refractivity contribution in [3.8, 4) is 0 Å². The van der Waals surface area contributed by atoms with Gasteiger partial charge in [0.25, 0.3) is 0 Å². The molecule has 0 atom stereocenters. The Kier molecular flexibility index (Phi) is 3.44. The number of hydrogen-bond acceptors (Lipinski definition) is 3. The Morgan fingerprint density at radius 1 is 1.05 bits per heavy atom. The van der Waals surface area contributed by atoms with Gasteiger partial charge in [0.2, 0.25) is 0 Å². The minimum absolute atomic E-state index is 0.237. The van der Waals surface area contributed by atoms with Gasteiger partial charge in [-0.05, 0) is 49.4 Å². The number of hydrogen-bond donors (Lipinski definition) is 1. The molecule has 0 fully saturated rings. The van der Waals surface area contributed by atoms with E-state index in [2.05, 4.69) is 16.8 Å². The van der Waals surface area contributed by atoms with Crippen molar-refractivity contribution in [1.29, 1.82) is 0 Å². The van der Waals surface area contributed by atoms with Gasteiger partial charge in [0.15, 0.2) is 0 Å². The molecule has 3 rings (SSSR count). The average molecular weight is 281 g/mol. The highest BCUT2D eigenvalue weighted by Gasteiger charge is 2.12. The summed E-state index contributed by atoms with van der Waals surface area (Å²) in [7, 11) is 0. The van der Waals surface area contributed by atoms with E-state index in [9.17, 15) is 4.39 Å². The van der Waals surface area contributed by atoms with Crippen LogP contribution in [0.15, 0.2) is 54.9 Å². The summed E-state index contributed by atoms with van der Waals surface area (Å²) in [5.41, 5.74) is 8.71. The van der Waals surface area contributed by atoms with Crippen molar-refractivity contribution in [3.05, 3.63) is 60.7 Å². The lowest BCUT2D eigenvalue weighted by Crippen LogP contribution is -2.16. The zero-order valence-electron chi connectivity index (χ0n) is 11.8. The highest BCUT2D eigenvalue weighted by Crippen LogP contribution is 2.34. The average Bonchev–Trinajstić information content (AvgIpc) is 2.52. The monoisotopic (exact) mass is 281 g/mol. The molecule has 0 unspecified atom stereocenters. The van der Waals surface area contributed by atoms with E-state index in [0.29, 0.717) is 0 Å². The third-order valence-electron chi connectivity index (χ3n) is 3.57. The van der Waals surface area contributed by atoms with Gasteiger partial charge in [0.1, 0.15) is 5.82 Å². The first kappa shape index (κ1) is 13.4. The standard InChI is InChI=1S/C17H16FN3/c1-2-21(13-5-3-12(18)4-6-13)17-8-7-16(19)14-9-10-20-11-15(14)17/h3-11H,2,19H2,1H3. The summed E-state index contributed by atoms with van der Waals surface area (Å²) in [5.74, 6) is -0.237. The van der Waals surface area contributed by atoms with Crippen molar-refractivity contribution in [1.82, 2.24) is 4.98 Å². The number of nitrogens with two attached hydrogens (primary N) is 1. The molecule has 4 heteroatoms. The Morgan fingerprint density at radius 2 is 1.81 bits per heavy atom. The molecular weight excluding hydrogens is 265 g/mol. The summed E-state index contributed by atoms with van der Waals surface area (Å²) in [6, 6.07) is 12.3. The Morgan fingerprint density at radius 3 is 2.52 bits per heavy atom. The summed E-state index contributed by atoms with van der Waals surface area (Å²) in [5, 5.41) is 1.96. The largest absolute Gasteiger partial charge is 0.398 e. The maximum atomic E-state index is 13.1. The molecule has 2 N–H and O–H groups in total. The Labute approximate surface area is 122 Å². The number of aromatic nitrogens is 1. The molecule has 0 radical (unpaired) electrons. The van der Waals surface area contributed by atoms with Crippen LogP contribution in [-0.4, -0.2) is 11.5 Å². The Hall–Kier alpha value is -2.62.